The van der Waals surface area contributed by atoms with Crippen molar-refractivity contribution in [1.82, 2.24) is 20.4 Å². The minimum atomic E-state index is -1.61. The number of carbonyl (C=O) groups excluding carboxylic acids is 7. The van der Waals surface area contributed by atoms with E-state index < -0.39 is 78.5 Å². The molecule has 0 aromatic heterocycles. The molecule has 3 aromatic rings. The summed E-state index contributed by atoms with van der Waals surface area (Å²) in [6, 6.07) is 8.33. The van der Waals surface area contributed by atoms with Crippen molar-refractivity contribution in [3.05, 3.63) is 138 Å². The number of aliphatic hydroxyl groups is 2. The fraction of sp³-hybridized carbons (Fsp3) is 0.373. The largest absolute Gasteiger partial charge is 0.493 e. The molecule has 7 amide bonds. The SMILES string of the molecule is C=CCOC(=O)N[C@H](C(=O)N[C@@H](C)C(=O)Nc1ccc(COC(=O)N2c3cc(OCCCOc4cc5c(cc4OC)C(=O)N4C=C(/C=C/C)CC4C(O)N5C(=O)OCC=C)c(OC)cc3C(=O)N3C=C(/C=C/C)C[C@H]3[C@@H]2O)cc1)C(C)C. The number of methoxy groups -OCH3 is 2. The van der Waals surface area contributed by atoms with Crippen molar-refractivity contribution >= 4 is 59.0 Å². The van der Waals surface area contributed by atoms with Crippen LogP contribution >= 0.6 is 0 Å². The van der Waals surface area contributed by atoms with Crippen LogP contribution in [0.1, 0.15) is 80.2 Å². The van der Waals surface area contributed by atoms with E-state index in [1.54, 1.807) is 62.7 Å². The van der Waals surface area contributed by atoms with Gasteiger partial charge in [-0.25, -0.2) is 24.2 Å². The molecule has 5 N–H and O–H groups in total. The summed E-state index contributed by atoms with van der Waals surface area (Å²) < 4.78 is 39.9. The van der Waals surface area contributed by atoms with Crippen molar-refractivity contribution in [3.63, 3.8) is 0 Å². The Morgan fingerprint density at radius 2 is 1.16 bits per heavy atom. The van der Waals surface area contributed by atoms with Gasteiger partial charge in [0.15, 0.2) is 35.5 Å². The number of amides is 7. The number of nitrogens with one attached hydrogen (secondary N) is 3. The van der Waals surface area contributed by atoms with Crippen LogP contribution in [-0.2, 0) is 30.4 Å². The van der Waals surface area contributed by atoms with E-state index in [0.29, 0.717) is 11.3 Å². The summed E-state index contributed by atoms with van der Waals surface area (Å²) in [6.45, 7) is 15.2. The summed E-state index contributed by atoms with van der Waals surface area (Å²) in [6.07, 6.45) is 8.13. The third-order valence-electron chi connectivity index (χ3n) is 13.6. The van der Waals surface area contributed by atoms with E-state index >= 15 is 0 Å². The van der Waals surface area contributed by atoms with Crippen LogP contribution < -0.4 is 44.7 Å². The summed E-state index contributed by atoms with van der Waals surface area (Å²) in [5.41, 5.74) is 2.45. The van der Waals surface area contributed by atoms with Crippen LogP contribution in [0.25, 0.3) is 0 Å². The molecule has 0 saturated carbocycles. The third kappa shape index (κ3) is 13.6. The second-order valence-electron chi connectivity index (χ2n) is 19.6. The van der Waals surface area contributed by atoms with Gasteiger partial charge in [0.1, 0.15) is 31.9 Å². The number of anilines is 3. The zero-order chi connectivity index (χ0) is 59.4. The van der Waals surface area contributed by atoms with Crippen LogP contribution in [0.4, 0.5) is 31.4 Å². The topological polar surface area (TPSA) is 274 Å². The number of hydrogen-bond acceptors (Lipinski definition) is 16. The smallest absolute Gasteiger partial charge is 0.416 e. The van der Waals surface area contributed by atoms with Gasteiger partial charge in [-0.2, -0.15) is 0 Å². The second kappa shape index (κ2) is 27.4. The second-order valence-corrected chi connectivity index (χ2v) is 19.6. The molecule has 23 nitrogen and oxygen atoms in total. The number of aliphatic hydroxyl groups excluding tert-OH is 2. The van der Waals surface area contributed by atoms with Crippen molar-refractivity contribution in [2.45, 2.75) is 97.1 Å². The molecular formula is C59H69N7O16. The highest BCUT2D eigenvalue weighted by Gasteiger charge is 2.47. The van der Waals surface area contributed by atoms with Crippen molar-refractivity contribution in [1.29, 1.82) is 0 Å². The van der Waals surface area contributed by atoms with Gasteiger partial charge < -0.3 is 69.1 Å². The monoisotopic (exact) mass is 1130 g/mol. The molecule has 82 heavy (non-hydrogen) atoms. The molecule has 436 valence electrons. The highest BCUT2D eigenvalue weighted by molar-refractivity contribution is 6.08. The number of allylic oxidation sites excluding steroid dienone is 4. The van der Waals surface area contributed by atoms with Gasteiger partial charge in [0.2, 0.25) is 11.8 Å². The normalized spacial score (nSPS) is 18.9. The quantitative estimate of drug-likeness (QED) is 0.0377. The van der Waals surface area contributed by atoms with E-state index in [0.717, 1.165) is 20.9 Å². The van der Waals surface area contributed by atoms with Crippen molar-refractivity contribution < 1.29 is 76.9 Å². The standard InChI is InChI=1S/C59H69N7O16/c1-10-15-37-25-44-55(71)65(58(74)81-22-13-4)42-29-48(46(76-8)27-40(42)53(69)63(44)31-37)78-23-14-24-79-49-30-43-41(28-47(49)77-9)54(70)64-32-38(16-11-2)26-45(64)56(72)66(43)59(75)82-33-36-17-19-39(20-18-36)61-51(67)35(7)60-52(68)50(34(5)6)62-57(73)80-21-12-3/h10-13,15-20,27-32,34-35,44-45,50,55-56,71-72H,3-4,14,21-26,33H2,1-2,5-9H3,(H,60,68)(H,61,67)(H,62,73)/b15-10+,16-11+/t35-,44?,45-,50-,55?,56-/m0/s1. The number of alkyl carbamates (subject to hydrolysis) is 1. The van der Waals surface area contributed by atoms with Gasteiger partial charge in [-0.3, -0.25) is 19.2 Å². The van der Waals surface area contributed by atoms with E-state index in [-0.39, 0.29) is 104 Å². The third-order valence-corrected chi connectivity index (χ3v) is 13.6. The number of benzene rings is 3. The predicted octanol–water partition coefficient (Wildman–Crippen LogP) is 7.22. The number of carbonyl (C=O) groups is 7. The first-order valence-corrected chi connectivity index (χ1v) is 26.5. The zero-order valence-electron chi connectivity index (χ0n) is 46.7. The van der Waals surface area contributed by atoms with Gasteiger partial charge in [0, 0.05) is 36.6 Å². The summed E-state index contributed by atoms with van der Waals surface area (Å²) in [5.74, 6) is -1.92. The lowest BCUT2D eigenvalue weighted by molar-refractivity contribution is -0.128. The summed E-state index contributed by atoms with van der Waals surface area (Å²) in [4.78, 5) is 99.5. The number of fused-ring (bicyclic) bond motifs is 4. The Hall–Kier alpha value is -9.09. The number of ether oxygens (including phenoxy) is 7. The van der Waals surface area contributed by atoms with Gasteiger partial charge in [-0.1, -0.05) is 75.6 Å². The highest BCUT2D eigenvalue weighted by atomic mass is 16.6. The van der Waals surface area contributed by atoms with Crippen molar-refractivity contribution in [2.75, 3.05) is 55.8 Å². The Bertz CT molecular complexity index is 3060. The first-order chi connectivity index (χ1) is 39.4. The Balaban J connectivity index is 1.05. The Morgan fingerprint density at radius 1 is 0.671 bits per heavy atom. The summed E-state index contributed by atoms with van der Waals surface area (Å²) in [7, 11) is 2.78. The molecule has 0 aliphatic carbocycles. The van der Waals surface area contributed by atoms with Crippen molar-refractivity contribution in [3.8, 4) is 23.0 Å². The van der Waals surface area contributed by atoms with Gasteiger partial charge in [0.25, 0.3) is 11.8 Å². The van der Waals surface area contributed by atoms with Crippen LogP contribution in [0.3, 0.4) is 0 Å². The highest BCUT2D eigenvalue weighted by Crippen LogP contribution is 2.44. The Kier molecular flexibility index (Phi) is 20.2. The minimum absolute atomic E-state index is 0.00363. The maximum absolute atomic E-state index is 14.4. The van der Waals surface area contributed by atoms with Gasteiger partial charge in [-0.05, 0) is 80.5 Å². The maximum atomic E-state index is 14.4. The van der Waals surface area contributed by atoms with Crippen LogP contribution in [-0.4, -0.2) is 139 Å². The minimum Gasteiger partial charge on any atom is -0.493 e. The molecule has 0 bridgehead atoms. The lowest BCUT2D eigenvalue weighted by atomic mass is 10.0. The first kappa shape index (κ1) is 60.5. The lowest BCUT2D eigenvalue weighted by Gasteiger charge is -2.31. The summed E-state index contributed by atoms with van der Waals surface area (Å²) in [5, 5.41) is 31.6. The van der Waals surface area contributed by atoms with Gasteiger partial charge in [-0.15, -0.1) is 0 Å². The predicted molar refractivity (Wildman–Crippen MR) is 301 cm³/mol. The average molecular weight is 1130 g/mol. The molecule has 0 radical (unpaired) electrons. The molecule has 6 atom stereocenters. The number of hydrogen-bond donors (Lipinski definition) is 5. The average Bonchev–Trinajstić information content (AvgIpc) is 4.29. The van der Waals surface area contributed by atoms with Gasteiger partial charge >= 0.3 is 18.3 Å². The fourth-order valence-corrected chi connectivity index (χ4v) is 9.58. The van der Waals surface area contributed by atoms with E-state index in [9.17, 15) is 43.8 Å². The Labute approximate surface area is 475 Å². The number of nitrogens with zero attached hydrogens (tertiary/aromatic N) is 4. The van der Waals surface area contributed by atoms with Crippen LogP contribution in [0.2, 0.25) is 0 Å². The molecule has 23 heteroatoms. The molecule has 4 heterocycles. The molecule has 2 unspecified atom stereocenters. The summed E-state index contributed by atoms with van der Waals surface area (Å²) >= 11 is 0. The van der Waals surface area contributed by atoms with Crippen molar-refractivity contribution in [2.24, 2.45) is 5.92 Å². The van der Waals surface area contributed by atoms with E-state index in [1.807, 2.05) is 26.0 Å². The molecule has 0 saturated heterocycles. The first-order valence-electron chi connectivity index (χ1n) is 26.5. The zero-order valence-corrected chi connectivity index (χ0v) is 46.7. The van der Waals surface area contributed by atoms with Crippen LogP contribution in [0.5, 0.6) is 23.0 Å². The van der Waals surface area contributed by atoms with E-state index in [2.05, 4.69) is 29.1 Å². The molecule has 0 spiro atoms. The molecule has 3 aromatic carbocycles. The number of rotatable bonds is 22. The van der Waals surface area contributed by atoms with Crippen LogP contribution in [0.15, 0.2) is 122 Å². The maximum Gasteiger partial charge on any atom is 0.416 e. The fourth-order valence-electron chi connectivity index (χ4n) is 9.58. The Morgan fingerprint density at radius 3 is 1.62 bits per heavy atom. The van der Waals surface area contributed by atoms with Gasteiger partial charge in [0.05, 0.1) is 62.0 Å². The molecule has 7 rings (SSSR count). The van der Waals surface area contributed by atoms with Crippen LogP contribution in [0, 0.1) is 5.92 Å². The molecule has 0 fully saturated rings. The molecule has 4 aliphatic heterocycles. The van der Waals surface area contributed by atoms with E-state index in [4.69, 9.17) is 33.2 Å². The van der Waals surface area contributed by atoms with E-state index in [1.165, 1.54) is 67.4 Å². The molecule has 4 aliphatic rings. The molecular weight excluding hydrogens is 1060 g/mol. The lowest BCUT2D eigenvalue weighted by Crippen LogP contribution is -2.53.